The van der Waals surface area contributed by atoms with Gasteiger partial charge in [0.15, 0.2) is 0 Å². The SMILES string of the molecule is CC(CCc1ccccc1)NS(=O)(=O)c1ccc2c(c1)CCC2. The number of sulfonamides is 1. The second-order valence-corrected chi connectivity index (χ2v) is 8.04. The van der Waals surface area contributed by atoms with Crippen LogP contribution >= 0.6 is 0 Å². The molecule has 3 rings (SSSR count). The monoisotopic (exact) mass is 329 g/mol. The molecule has 3 nitrogen and oxygen atoms in total. The van der Waals surface area contributed by atoms with Gasteiger partial charge < -0.3 is 0 Å². The van der Waals surface area contributed by atoms with Crippen LogP contribution in [0, 0.1) is 0 Å². The summed E-state index contributed by atoms with van der Waals surface area (Å²) in [6.45, 7) is 1.92. The molecule has 23 heavy (non-hydrogen) atoms. The Balaban J connectivity index is 1.63. The minimum absolute atomic E-state index is 0.0894. The van der Waals surface area contributed by atoms with Crippen LogP contribution in [0.5, 0.6) is 0 Å². The molecule has 1 N–H and O–H groups in total. The van der Waals surface area contributed by atoms with Gasteiger partial charge in [0.1, 0.15) is 0 Å². The van der Waals surface area contributed by atoms with Gasteiger partial charge in [-0.05, 0) is 67.9 Å². The molecular weight excluding hydrogens is 306 g/mol. The third kappa shape index (κ3) is 4.01. The van der Waals surface area contributed by atoms with E-state index in [0.29, 0.717) is 4.90 Å². The van der Waals surface area contributed by atoms with Crippen LogP contribution in [0.3, 0.4) is 0 Å². The summed E-state index contributed by atoms with van der Waals surface area (Å²) < 4.78 is 27.9. The molecule has 0 aliphatic heterocycles. The predicted molar refractivity (Wildman–Crippen MR) is 93.0 cm³/mol. The maximum absolute atomic E-state index is 12.5. The Morgan fingerprint density at radius 3 is 2.57 bits per heavy atom. The molecule has 0 heterocycles. The highest BCUT2D eigenvalue weighted by molar-refractivity contribution is 7.89. The first kappa shape index (κ1) is 16.2. The average Bonchev–Trinajstić information content (AvgIpc) is 3.01. The van der Waals surface area contributed by atoms with Crippen molar-refractivity contribution in [1.82, 2.24) is 4.72 Å². The Bertz CT molecular complexity index is 769. The van der Waals surface area contributed by atoms with Gasteiger partial charge in [0, 0.05) is 6.04 Å². The van der Waals surface area contributed by atoms with Gasteiger partial charge >= 0.3 is 0 Å². The van der Waals surface area contributed by atoms with Gasteiger partial charge in [-0.25, -0.2) is 13.1 Å². The van der Waals surface area contributed by atoms with Crippen molar-refractivity contribution in [3.63, 3.8) is 0 Å². The minimum Gasteiger partial charge on any atom is -0.208 e. The molecule has 0 amide bonds. The first-order valence-electron chi connectivity index (χ1n) is 8.23. The Morgan fingerprint density at radius 2 is 1.78 bits per heavy atom. The molecular formula is C19H23NO2S. The van der Waals surface area contributed by atoms with E-state index in [2.05, 4.69) is 16.9 Å². The smallest absolute Gasteiger partial charge is 0.208 e. The van der Waals surface area contributed by atoms with Gasteiger partial charge in [-0.2, -0.15) is 0 Å². The van der Waals surface area contributed by atoms with Crippen LogP contribution in [0.1, 0.15) is 36.5 Å². The van der Waals surface area contributed by atoms with E-state index >= 15 is 0 Å². The lowest BCUT2D eigenvalue weighted by Gasteiger charge is -2.15. The maximum Gasteiger partial charge on any atom is 0.240 e. The van der Waals surface area contributed by atoms with Crippen molar-refractivity contribution in [3.05, 3.63) is 65.2 Å². The Hall–Kier alpha value is -1.65. The van der Waals surface area contributed by atoms with Gasteiger partial charge in [0.25, 0.3) is 0 Å². The van der Waals surface area contributed by atoms with Crippen molar-refractivity contribution in [3.8, 4) is 0 Å². The minimum atomic E-state index is -3.44. The normalized spacial score (nSPS) is 15.3. The first-order chi connectivity index (χ1) is 11.0. The van der Waals surface area contributed by atoms with Crippen LogP contribution < -0.4 is 4.72 Å². The van der Waals surface area contributed by atoms with E-state index in [9.17, 15) is 8.42 Å². The molecule has 0 aromatic heterocycles. The molecule has 2 aromatic carbocycles. The van der Waals surface area contributed by atoms with Crippen molar-refractivity contribution >= 4 is 10.0 Å². The molecule has 1 aliphatic carbocycles. The molecule has 0 fully saturated rings. The number of fused-ring (bicyclic) bond motifs is 1. The lowest BCUT2D eigenvalue weighted by atomic mass is 10.1. The zero-order valence-electron chi connectivity index (χ0n) is 13.5. The highest BCUT2D eigenvalue weighted by Gasteiger charge is 2.20. The third-order valence-electron chi connectivity index (χ3n) is 4.45. The Kier molecular flexibility index (Phi) is 4.83. The molecule has 1 unspecified atom stereocenters. The second kappa shape index (κ2) is 6.85. The van der Waals surface area contributed by atoms with Gasteiger partial charge in [-0.15, -0.1) is 0 Å². The van der Waals surface area contributed by atoms with E-state index in [4.69, 9.17) is 0 Å². The lowest BCUT2D eigenvalue weighted by molar-refractivity contribution is 0.547. The van der Waals surface area contributed by atoms with E-state index in [0.717, 1.165) is 32.1 Å². The van der Waals surface area contributed by atoms with E-state index in [1.54, 1.807) is 6.07 Å². The number of nitrogens with one attached hydrogen (secondary N) is 1. The van der Waals surface area contributed by atoms with E-state index in [1.807, 2.05) is 37.3 Å². The number of benzene rings is 2. The third-order valence-corrected chi connectivity index (χ3v) is 6.03. The van der Waals surface area contributed by atoms with Gasteiger partial charge in [-0.3, -0.25) is 0 Å². The quantitative estimate of drug-likeness (QED) is 0.882. The van der Waals surface area contributed by atoms with Crippen molar-refractivity contribution in [2.24, 2.45) is 0 Å². The molecule has 0 spiro atoms. The predicted octanol–water partition coefficient (Wildman–Crippen LogP) is 3.47. The van der Waals surface area contributed by atoms with Crippen LogP contribution in [0.25, 0.3) is 0 Å². The van der Waals surface area contributed by atoms with Crippen LogP contribution in [0.2, 0.25) is 0 Å². The highest BCUT2D eigenvalue weighted by atomic mass is 32.2. The van der Waals surface area contributed by atoms with Crippen LogP contribution in [-0.2, 0) is 29.3 Å². The molecule has 0 radical (unpaired) electrons. The summed E-state index contributed by atoms with van der Waals surface area (Å²) in [6, 6.07) is 15.6. The van der Waals surface area contributed by atoms with Crippen LogP contribution in [0.4, 0.5) is 0 Å². The fourth-order valence-electron chi connectivity index (χ4n) is 3.14. The van der Waals surface area contributed by atoms with Gasteiger partial charge in [0.05, 0.1) is 4.90 Å². The van der Waals surface area contributed by atoms with Crippen LogP contribution in [0.15, 0.2) is 53.4 Å². The highest BCUT2D eigenvalue weighted by Crippen LogP contribution is 2.24. The van der Waals surface area contributed by atoms with Crippen molar-refractivity contribution in [2.45, 2.75) is 50.0 Å². The zero-order valence-corrected chi connectivity index (χ0v) is 14.3. The number of rotatable bonds is 6. The van der Waals surface area contributed by atoms with Crippen molar-refractivity contribution in [1.29, 1.82) is 0 Å². The summed E-state index contributed by atoms with van der Waals surface area (Å²) in [5.74, 6) is 0. The molecule has 0 bridgehead atoms. The molecule has 0 saturated carbocycles. The molecule has 4 heteroatoms. The second-order valence-electron chi connectivity index (χ2n) is 6.33. The summed E-state index contributed by atoms with van der Waals surface area (Å²) in [6.07, 6.45) is 4.83. The van der Waals surface area contributed by atoms with Crippen molar-refractivity contribution in [2.75, 3.05) is 0 Å². The Labute approximate surface area is 138 Å². The summed E-state index contributed by atoms with van der Waals surface area (Å²) in [4.78, 5) is 0.393. The largest absolute Gasteiger partial charge is 0.240 e. The first-order valence-corrected chi connectivity index (χ1v) is 9.71. The molecule has 1 aliphatic rings. The fraction of sp³-hybridized carbons (Fsp3) is 0.368. The molecule has 2 aromatic rings. The van der Waals surface area contributed by atoms with Gasteiger partial charge in [-0.1, -0.05) is 36.4 Å². The van der Waals surface area contributed by atoms with E-state index in [1.165, 1.54) is 16.7 Å². The topological polar surface area (TPSA) is 46.2 Å². The number of hydrogen-bond donors (Lipinski definition) is 1. The molecule has 1 atom stereocenters. The summed E-state index contributed by atoms with van der Waals surface area (Å²) in [7, 11) is -3.44. The van der Waals surface area contributed by atoms with E-state index < -0.39 is 10.0 Å². The fourth-order valence-corrected chi connectivity index (χ4v) is 4.46. The zero-order chi connectivity index (χ0) is 16.3. The maximum atomic E-state index is 12.5. The number of hydrogen-bond acceptors (Lipinski definition) is 2. The average molecular weight is 329 g/mol. The van der Waals surface area contributed by atoms with Crippen molar-refractivity contribution < 1.29 is 8.42 Å². The summed E-state index contributed by atoms with van der Waals surface area (Å²) >= 11 is 0. The molecule has 122 valence electrons. The van der Waals surface area contributed by atoms with E-state index in [-0.39, 0.29) is 6.04 Å². The standard InChI is InChI=1S/C19H23NO2S/c1-15(10-11-16-6-3-2-4-7-16)20-23(21,22)19-13-12-17-8-5-9-18(17)14-19/h2-4,6-7,12-15,20H,5,8-11H2,1H3. The lowest BCUT2D eigenvalue weighted by Crippen LogP contribution is -2.33. The molecule has 0 saturated heterocycles. The summed E-state index contributed by atoms with van der Waals surface area (Å²) in [5.41, 5.74) is 3.71. The number of aryl methyl sites for hydroxylation is 3. The van der Waals surface area contributed by atoms with Gasteiger partial charge in [0.2, 0.25) is 10.0 Å². The van der Waals surface area contributed by atoms with Crippen LogP contribution in [-0.4, -0.2) is 14.5 Å². The Morgan fingerprint density at radius 1 is 1.04 bits per heavy atom. The summed E-state index contributed by atoms with van der Waals surface area (Å²) in [5, 5.41) is 0.